The molecule has 0 unspecified atom stereocenters. The number of hydrogen-bond donors (Lipinski definition) is 4. The van der Waals surface area contributed by atoms with Gasteiger partial charge in [0.2, 0.25) is 0 Å². The van der Waals surface area contributed by atoms with Gasteiger partial charge in [-0.15, -0.1) is 0 Å². The number of H-pyrrole nitrogens is 1. The molecule has 0 saturated heterocycles. The molecule has 0 aliphatic heterocycles. The van der Waals surface area contributed by atoms with E-state index in [0.29, 0.717) is 34.5 Å². The van der Waals surface area contributed by atoms with Gasteiger partial charge in [0.05, 0.1) is 28.4 Å². The summed E-state index contributed by atoms with van der Waals surface area (Å²) in [7, 11) is 0. The Morgan fingerprint density at radius 2 is 1.85 bits per heavy atom. The molecule has 0 bridgehead atoms. The third kappa shape index (κ3) is 4.07. The topological polar surface area (TPSA) is 133 Å². The average Bonchev–Trinajstić information content (AvgIpc) is 3.30. The Balaban J connectivity index is 1.32. The van der Waals surface area contributed by atoms with Crippen LogP contribution in [0.2, 0.25) is 0 Å². The molecule has 162 valence electrons. The number of carboxylic acid groups (broad SMARTS) is 1. The molecule has 0 saturated carbocycles. The Hall–Kier alpha value is -4.79. The number of aromatic amines is 1. The van der Waals surface area contributed by atoms with E-state index in [1.807, 2.05) is 24.3 Å². The first-order chi connectivity index (χ1) is 16.1. The highest BCUT2D eigenvalue weighted by Gasteiger charge is 2.13. The van der Waals surface area contributed by atoms with Crippen molar-refractivity contribution in [3.63, 3.8) is 0 Å². The highest BCUT2D eigenvalue weighted by Crippen LogP contribution is 2.23. The van der Waals surface area contributed by atoms with Gasteiger partial charge in [-0.1, -0.05) is 18.2 Å². The number of aromatic nitrogens is 4. The number of nitrogens with one attached hydrogen (secondary N) is 3. The number of carbonyl (C=O) groups excluding carboxylic acids is 1. The second-order valence-electron chi connectivity index (χ2n) is 7.37. The van der Waals surface area contributed by atoms with Crippen LogP contribution in [0.15, 0.2) is 73.3 Å². The smallest absolute Gasteiger partial charge is 0.337 e. The van der Waals surface area contributed by atoms with Crippen LogP contribution in [0, 0.1) is 0 Å². The van der Waals surface area contributed by atoms with Crippen LogP contribution in [0.3, 0.4) is 0 Å². The molecule has 0 aliphatic carbocycles. The zero-order valence-corrected chi connectivity index (χ0v) is 17.2. The van der Waals surface area contributed by atoms with Crippen LogP contribution >= 0.6 is 0 Å². The molecule has 0 aliphatic rings. The number of carboxylic acids is 1. The Morgan fingerprint density at radius 1 is 0.970 bits per heavy atom. The second kappa shape index (κ2) is 8.39. The minimum atomic E-state index is -1.04. The maximum absolute atomic E-state index is 12.7. The van der Waals surface area contributed by atoms with E-state index in [9.17, 15) is 14.7 Å². The molecule has 4 N–H and O–H groups in total. The van der Waals surface area contributed by atoms with E-state index in [0.717, 1.165) is 16.6 Å². The van der Waals surface area contributed by atoms with E-state index in [1.54, 1.807) is 36.7 Å². The summed E-state index contributed by atoms with van der Waals surface area (Å²) < 4.78 is 0. The summed E-state index contributed by atoms with van der Waals surface area (Å²) in [6.45, 7) is 0.424. The van der Waals surface area contributed by atoms with Gasteiger partial charge in [-0.3, -0.25) is 4.79 Å². The average molecular weight is 438 g/mol. The van der Waals surface area contributed by atoms with Crippen molar-refractivity contribution in [2.24, 2.45) is 0 Å². The Morgan fingerprint density at radius 3 is 2.73 bits per heavy atom. The summed E-state index contributed by atoms with van der Waals surface area (Å²) in [5.74, 6) is -0.731. The summed E-state index contributed by atoms with van der Waals surface area (Å²) in [5, 5.41) is 16.2. The molecular formula is C24H18N6O3. The van der Waals surface area contributed by atoms with Crippen molar-refractivity contribution in [2.75, 3.05) is 10.6 Å². The van der Waals surface area contributed by atoms with Crippen molar-refractivity contribution in [3.8, 4) is 0 Å². The summed E-state index contributed by atoms with van der Waals surface area (Å²) in [6.07, 6.45) is 2.93. The van der Waals surface area contributed by atoms with Crippen molar-refractivity contribution < 1.29 is 14.7 Å². The summed E-state index contributed by atoms with van der Waals surface area (Å²) in [6, 6.07) is 17.7. The van der Waals surface area contributed by atoms with Crippen LogP contribution in [-0.2, 0) is 6.54 Å². The number of rotatable bonds is 6. The van der Waals surface area contributed by atoms with Crippen LogP contribution in [0.1, 0.15) is 26.3 Å². The second-order valence-corrected chi connectivity index (χ2v) is 7.37. The fourth-order valence-corrected chi connectivity index (χ4v) is 3.63. The van der Waals surface area contributed by atoms with Crippen molar-refractivity contribution in [1.82, 2.24) is 19.9 Å². The Labute approximate surface area is 187 Å². The molecule has 5 aromatic rings. The fraction of sp³-hybridized carbons (Fsp3) is 0.0417. The van der Waals surface area contributed by atoms with E-state index in [4.69, 9.17) is 0 Å². The van der Waals surface area contributed by atoms with Gasteiger partial charge in [-0.05, 0) is 48.0 Å². The van der Waals surface area contributed by atoms with Gasteiger partial charge in [0.25, 0.3) is 5.91 Å². The first kappa shape index (κ1) is 20.1. The van der Waals surface area contributed by atoms with E-state index in [1.165, 1.54) is 12.4 Å². The highest BCUT2D eigenvalue weighted by atomic mass is 16.4. The van der Waals surface area contributed by atoms with Gasteiger partial charge < -0.3 is 20.7 Å². The SMILES string of the molecule is O=C(Nc1cccc(CNc2ncnc3c(C(=O)O)cccc23)c1)c1ccc2nc[nH]c2c1. The maximum Gasteiger partial charge on any atom is 0.337 e. The van der Waals surface area contributed by atoms with E-state index < -0.39 is 5.97 Å². The van der Waals surface area contributed by atoms with E-state index in [-0.39, 0.29) is 11.5 Å². The zero-order chi connectivity index (χ0) is 22.8. The number of imidazole rings is 1. The number of hydrogen-bond acceptors (Lipinski definition) is 6. The van der Waals surface area contributed by atoms with Crippen molar-refractivity contribution >= 4 is 45.3 Å². The maximum atomic E-state index is 12.7. The van der Waals surface area contributed by atoms with Crippen LogP contribution < -0.4 is 10.6 Å². The van der Waals surface area contributed by atoms with Crippen LogP contribution in [0.4, 0.5) is 11.5 Å². The Bertz CT molecular complexity index is 1510. The van der Waals surface area contributed by atoms with Crippen molar-refractivity contribution in [3.05, 3.63) is 90.0 Å². The van der Waals surface area contributed by atoms with Gasteiger partial charge in [0.1, 0.15) is 12.1 Å². The monoisotopic (exact) mass is 438 g/mol. The first-order valence-electron chi connectivity index (χ1n) is 10.1. The number of benzene rings is 3. The molecular weight excluding hydrogens is 420 g/mol. The number of anilines is 2. The van der Waals surface area contributed by atoms with Crippen LogP contribution in [-0.4, -0.2) is 36.9 Å². The predicted octanol–water partition coefficient (Wildman–Crippen LogP) is 4.07. The standard InChI is InChI=1S/C24H18N6O3/c31-23(15-7-8-19-20(10-15)27-12-26-19)30-16-4-1-3-14(9-16)11-25-22-17-5-2-6-18(24(32)33)21(17)28-13-29-22/h1-10,12-13H,11H2,(H,26,27)(H,30,31)(H,32,33)(H,25,28,29). The molecule has 3 aromatic carbocycles. The molecule has 1 amide bonds. The van der Waals surface area contributed by atoms with Gasteiger partial charge >= 0.3 is 5.97 Å². The molecule has 5 rings (SSSR count). The summed E-state index contributed by atoms with van der Waals surface area (Å²) in [4.78, 5) is 39.7. The Kier molecular flexibility index (Phi) is 5.12. The molecule has 2 aromatic heterocycles. The molecule has 0 radical (unpaired) electrons. The van der Waals surface area contributed by atoms with Crippen molar-refractivity contribution in [1.29, 1.82) is 0 Å². The zero-order valence-electron chi connectivity index (χ0n) is 17.2. The minimum absolute atomic E-state index is 0.121. The van der Waals surface area contributed by atoms with Gasteiger partial charge in [0.15, 0.2) is 0 Å². The number of fused-ring (bicyclic) bond motifs is 2. The molecule has 0 atom stereocenters. The number of carbonyl (C=O) groups is 2. The molecule has 9 nitrogen and oxygen atoms in total. The lowest BCUT2D eigenvalue weighted by Crippen LogP contribution is -2.12. The lowest BCUT2D eigenvalue weighted by Gasteiger charge is -2.11. The van der Waals surface area contributed by atoms with Crippen LogP contribution in [0.25, 0.3) is 21.9 Å². The third-order valence-electron chi connectivity index (χ3n) is 5.22. The highest BCUT2D eigenvalue weighted by molar-refractivity contribution is 6.06. The van der Waals surface area contributed by atoms with Gasteiger partial charge in [-0.25, -0.2) is 19.7 Å². The normalized spacial score (nSPS) is 10.9. The molecule has 33 heavy (non-hydrogen) atoms. The van der Waals surface area contributed by atoms with E-state index >= 15 is 0 Å². The number of aromatic carboxylic acids is 1. The van der Waals surface area contributed by atoms with Gasteiger partial charge in [-0.2, -0.15) is 0 Å². The number of amides is 1. The molecule has 2 heterocycles. The molecule has 0 spiro atoms. The minimum Gasteiger partial charge on any atom is -0.478 e. The molecule has 9 heteroatoms. The first-order valence-corrected chi connectivity index (χ1v) is 10.1. The van der Waals surface area contributed by atoms with Crippen LogP contribution in [0.5, 0.6) is 0 Å². The third-order valence-corrected chi connectivity index (χ3v) is 5.22. The van der Waals surface area contributed by atoms with Gasteiger partial charge in [0, 0.05) is 23.2 Å². The lowest BCUT2D eigenvalue weighted by atomic mass is 10.1. The predicted molar refractivity (Wildman–Crippen MR) is 124 cm³/mol. The van der Waals surface area contributed by atoms with E-state index in [2.05, 4.69) is 30.6 Å². The largest absolute Gasteiger partial charge is 0.478 e. The number of para-hydroxylation sites is 1. The fourth-order valence-electron chi connectivity index (χ4n) is 3.63. The molecule has 0 fully saturated rings. The number of nitrogens with zero attached hydrogens (tertiary/aromatic N) is 3. The summed E-state index contributed by atoms with van der Waals surface area (Å²) in [5.41, 5.74) is 4.18. The quantitative estimate of drug-likeness (QED) is 0.314. The summed E-state index contributed by atoms with van der Waals surface area (Å²) >= 11 is 0. The van der Waals surface area contributed by atoms with Crippen molar-refractivity contribution in [2.45, 2.75) is 6.54 Å². The lowest BCUT2D eigenvalue weighted by molar-refractivity contribution is 0.0698.